The average Bonchev–Trinajstić information content (AvgIpc) is 3.18. The van der Waals surface area contributed by atoms with Gasteiger partial charge >= 0.3 is 0 Å². The molecule has 5 rings (SSSR count). The van der Waals surface area contributed by atoms with Gasteiger partial charge in [0.15, 0.2) is 6.04 Å². The largest absolute Gasteiger partial charge is 0.273 e. The summed E-state index contributed by atoms with van der Waals surface area (Å²) in [7, 11) is 0. The molecule has 0 radical (unpaired) electrons. The summed E-state index contributed by atoms with van der Waals surface area (Å²) in [5.41, 5.74) is -0.497. The lowest BCUT2D eigenvalue weighted by Crippen LogP contribution is -2.50. The molecule has 2 unspecified atom stereocenters. The van der Waals surface area contributed by atoms with Gasteiger partial charge in [-0.3, -0.25) is 9.59 Å². The first-order valence-corrected chi connectivity index (χ1v) is 10.5. The number of carbonyl (C=O) groups is 2. The number of anilines is 1. The molecule has 3 aromatic rings. The SMILES string of the molecule is CC12C(=O)N(c3cc(Cl)cc(Cl)c3)C(=O)C1N=NC2(c1ccccc1)c1ccccc1. The minimum Gasteiger partial charge on any atom is -0.273 e. The summed E-state index contributed by atoms with van der Waals surface area (Å²) in [4.78, 5) is 28.6. The van der Waals surface area contributed by atoms with Crippen molar-refractivity contribution in [3.8, 4) is 0 Å². The van der Waals surface area contributed by atoms with Crippen LogP contribution < -0.4 is 4.90 Å². The third-order valence-electron chi connectivity index (χ3n) is 6.21. The fraction of sp³-hybridized carbons (Fsp3) is 0.167. The van der Waals surface area contributed by atoms with Crippen molar-refractivity contribution in [3.05, 3.63) is 100 Å². The first-order valence-electron chi connectivity index (χ1n) is 9.77. The quantitative estimate of drug-likeness (QED) is 0.484. The van der Waals surface area contributed by atoms with Gasteiger partial charge in [0.1, 0.15) is 11.0 Å². The van der Waals surface area contributed by atoms with Crippen LogP contribution in [0.15, 0.2) is 89.1 Å². The lowest BCUT2D eigenvalue weighted by atomic mass is 9.62. The maximum absolute atomic E-state index is 14.0. The monoisotopic (exact) mass is 449 g/mol. The predicted octanol–water partition coefficient (Wildman–Crippen LogP) is 5.65. The summed E-state index contributed by atoms with van der Waals surface area (Å²) in [6, 6.07) is 22.7. The van der Waals surface area contributed by atoms with E-state index in [4.69, 9.17) is 23.2 Å². The summed E-state index contributed by atoms with van der Waals surface area (Å²) in [6.45, 7) is 1.77. The van der Waals surface area contributed by atoms with Crippen molar-refractivity contribution in [3.63, 3.8) is 0 Å². The van der Waals surface area contributed by atoms with Crippen LogP contribution in [0.1, 0.15) is 18.1 Å². The summed E-state index contributed by atoms with van der Waals surface area (Å²) in [5.74, 6) is -0.832. The number of nitrogens with zero attached hydrogens (tertiary/aromatic N) is 3. The third kappa shape index (κ3) is 2.63. The van der Waals surface area contributed by atoms with E-state index in [0.717, 1.165) is 16.0 Å². The topological polar surface area (TPSA) is 62.1 Å². The summed E-state index contributed by atoms with van der Waals surface area (Å²) in [6.07, 6.45) is 0. The van der Waals surface area contributed by atoms with E-state index < -0.39 is 28.8 Å². The smallest absolute Gasteiger partial charge is 0.261 e. The third-order valence-corrected chi connectivity index (χ3v) is 6.65. The number of fused-ring (bicyclic) bond motifs is 1. The van der Waals surface area contributed by atoms with Crippen LogP contribution >= 0.6 is 23.2 Å². The Hall–Kier alpha value is -3.02. The summed E-state index contributed by atoms with van der Waals surface area (Å²) < 4.78 is 0. The van der Waals surface area contributed by atoms with Crippen molar-refractivity contribution >= 4 is 40.7 Å². The highest BCUT2D eigenvalue weighted by molar-refractivity contribution is 6.36. The highest BCUT2D eigenvalue weighted by Crippen LogP contribution is 2.59. The maximum atomic E-state index is 14.0. The fourth-order valence-electron chi connectivity index (χ4n) is 4.74. The Bertz CT molecular complexity index is 1170. The van der Waals surface area contributed by atoms with Crippen LogP contribution in [-0.2, 0) is 15.1 Å². The first kappa shape index (κ1) is 19.9. The fourth-order valence-corrected chi connectivity index (χ4v) is 5.25. The number of rotatable bonds is 3. The Kier molecular flexibility index (Phi) is 4.50. The van der Waals surface area contributed by atoms with Gasteiger partial charge in [-0.15, -0.1) is 0 Å². The predicted molar refractivity (Wildman–Crippen MR) is 119 cm³/mol. The van der Waals surface area contributed by atoms with Gasteiger partial charge in [0, 0.05) is 10.0 Å². The number of azo groups is 1. The molecular weight excluding hydrogens is 433 g/mol. The van der Waals surface area contributed by atoms with Crippen LogP contribution in [0.4, 0.5) is 5.69 Å². The number of halogens is 2. The molecule has 2 atom stereocenters. The number of carbonyl (C=O) groups excluding carboxylic acids is 2. The zero-order valence-corrected chi connectivity index (χ0v) is 18.0. The molecule has 2 amide bonds. The van der Waals surface area contributed by atoms with Gasteiger partial charge in [-0.1, -0.05) is 83.9 Å². The van der Waals surface area contributed by atoms with Crippen molar-refractivity contribution in [2.24, 2.45) is 15.6 Å². The van der Waals surface area contributed by atoms with Crippen molar-refractivity contribution < 1.29 is 9.59 Å². The molecule has 2 aliphatic heterocycles. The van der Waals surface area contributed by atoms with Gasteiger partial charge in [-0.2, -0.15) is 10.2 Å². The van der Waals surface area contributed by atoms with Crippen LogP contribution in [0.25, 0.3) is 0 Å². The standard InChI is InChI=1S/C24H17Cl2N3O2/c1-23-20(21(30)29(22(23)31)19-13-17(25)12-18(26)14-19)27-28-24(23,15-8-4-2-5-9-15)16-10-6-3-7-11-16/h2-14,20H,1H3. The highest BCUT2D eigenvalue weighted by atomic mass is 35.5. The van der Waals surface area contributed by atoms with E-state index in [1.807, 2.05) is 60.7 Å². The number of hydrogen-bond acceptors (Lipinski definition) is 4. The summed E-state index contributed by atoms with van der Waals surface area (Å²) in [5, 5.41) is 9.68. The van der Waals surface area contributed by atoms with Crippen LogP contribution in [0, 0.1) is 5.41 Å². The molecule has 0 saturated carbocycles. The molecule has 154 valence electrons. The van der Waals surface area contributed by atoms with Crippen molar-refractivity contribution in [1.29, 1.82) is 0 Å². The van der Waals surface area contributed by atoms with Crippen molar-refractivity contribution in [2.45, 2.75) is 18.5 Å². The minimum atomic E-state index is -1.26. The lowest BCUT2D eigenvalue weighted by molar-refractivity contribution is -0.127. The molecule has 1 saturated heterocycles. The van der Waals surface area contributed by atoms with Crippen LogP contribution in [0.5, 0.6) is 0 Å². The van der Waals surface area contributed by atoms with Crippen molar-refractivity contribution in [2.75, 3.05) is 4.90 Å². The molecule has 2 heterocycles. The van der Waals surface area contributed by atoms with E-state index >= 15 is 0 Å². The van der Waals surface area contributed by atoms with E-state index in [9.17, 15) is 9.59 Å². The van der Waals surface area contributed by atoms with Gasteiger partial charge < -0.3 is 0 Å². The molecule has 0 aliphatic carbocycles. The second kappa shape index (κ2) is 7.01. The van der Waals surface area contributed by atoms with Crippen LogP contribution in [0.2, 0.25) is 10.0 Å². The molecule has 1 fully saturated rings. The Balaban J connectivity index is 1.75. The van der Waals surface area contributed by atoms with Gasteiger partial charge in [0.2, 0.25) is 5.91 Å². The summed E-state index contributed by atoms with van der Waals surface area (Å²) >= 11 is 12.3. The average molecular weight is 450 g/mol. The molecule has 0 spiro atoms. The highest BCUT2D eigenvalue weighted by Gasteiger charge is 2.72. The van der Waals surface area contributed by atoms with E-state index in [1.165, 1.54) is 0 Å². The molecule has 0 aromatic heterocycles. The first-order chi connectivity index (χ1) is 14.9. The Morgan fingerprint density at radius 2 is 1.35 bits per heavy atom. The van der Waals surface area contributed by atoms with E-state index in [1.54, 1.807) is 25.1 Å². The van der Waals surface area contributed by atoms with Gasteiger partial charge in [0.05, 0.1) is 5.69 Å². The zero-order valence-electron chi connectivity index (χ0n) is 16.5. The second-order valence-corrected chi connectivity index (χ2v) is 8.74. The number of amides is 2. The van der Waals surface area contributed by atoms with Crippen molar-refractivity contribution in [1.82, 2.24) is 0 Å². The molecule has 5 nitrogen and oxygen atoms in total. The normalized spacial score (nSPS) is 24.0. The minimum absolute atomic E-state index is 0.327. The molecule has 31 heavy (non-hydrogen) atoms. The second-order valence-electron chi connectivity index (χ2n) is 7.87. The van der Waals surface area contributed by atoms with E-state index in [-0.39, 0.29) is 0 Å². The zero-order chi connectivity index (χ0) is 21.8. The van der Waals surface area contributed by atoms with Gasteiger partial charge in [0.25, 0.3) is 5.91 Å². The molecule has 0 bridgehead atoms. The molecular formula is C24H17Cl2N3O2. The number of benzene rings is 3. The molecule has 2 aliphatic rings. The van der Waals surface area contributed by atoms with Gasteiger partial charge in [-0.25, -0.2) is 4.90 Å². The van der Waals surface area contributed by atoms with E-state index in [2.05, 4.69) is 10.2 Å². The maximum Gasteiger partial charge on any atom is 0.261 e. The van der Waals surface area contributed by atoms with Crippen LogP contribution in [0.3, 0.4) is 0 Å². The Morgan fingerprint density at radius 1 is 0.839 bits per heavy atom. The Morgan fingerprint density at radius 3 is 1.87 bits per heavy atom. The lowest BCUT2D eigenvalue weighted by Gasteiger charge is -2.39. The van der Waals surface area contributed by atoms with Crippen LogP contribution in [-0.4, -0.2) is 17.9 Å². The number of hydrogen-bond donors (Lipinski definition) is 0. The number of imide groups is 1. The van der Waals surface area contributed by atoms with Gasteiger partial charge in [-0.05, 0) is 36.2 Å². The van der Waals surface area contributed by atoms with E-state index in [0.29, 0.717) is 15.7 Å². The Labute approximate surface area is 189 Å². The molecule has 0 N–H and O–H groups in total. The molecule has 7 heteroatoms. The molecule has 3 aromatic carbocycles.